The molecule has 0 amide bonds. The van der Waals surface area contributed by atoms with E-state index >= 15 is 0 Å². The highest BCUT2D eigenvalue weighted by molar-refractivity contribution is 7.92. The Morgan fingerprint density at radius 2 is 1.86 bits per heavy atom. The summed E-state index contributed by atoms with van der Waals surface area (Å²) < 4.78 is 44.4. The second-order valence-corrected chi connectivity index (χ2v) is 8.44. The van der Waals surface area contributed by atoms with Crippen LogP contribution in [0.15, 0.2) is 47.4 Å². The number of rotatable bonds is 7. The number of esters is 1. The van der Waals surface area contributed by atoms with Crippen LogP contribution in [0.3, 0.4) is 0 Å². The molecule has 9 heteroatoms. The molecule has 0 aliphatic carbocycles. The maximum absolute atomic E-state index is 12.9. The maximum atomic E-state index is 12.9. The third-order valence-electron chi connectivity index (χ3n) is 3.91. The number of sulfonamides is 1. The van der Waals surface area contributed by atoms with Crippen molar-refractivity contribution in [1.29, 1.82) is 0 Å². The van der Waals surface area contributed by atoms with Gasteiger partial charge >= 0.3 is 5.97 Å². The number of hydrogen-bond acceptors (Lipinski definition) is 7. The first-order valence-electron chi connectivity index (χ1n) is 8.33. The molecule has 0 fully saturated rings. The second-order valence-electron chi connectivity index (χ2n) is 5.71. The monoisotopic (exact) mass is 421 g/mol. The minimum absolute atomic E-state index is 0.0352. The lowest BCUT2D eigenvalue weighted by molar-refractivity contribution is 0.0532. The standard InChI is InChI=1S/C19H19NO6S2/c1-4-26-19(21)17-10-12-9-13(5-8-16(12)27-17)20-28(22,23)18-11-14(24-2)6-7-15(18)25-3/h5-11,20H,4H2,1-3H3. The molecular formula is C19H19NO6S2. The van der Waals surface area contributed by atoms with Crippen molar-refractivity contribution in [3.05, 3.63) is 47.3 Å². The van der Waals surface area contributed by atoms with Crippen LogP contribution in [0, 0.1) is 0 Å². The predicted molar refractivity (Wildman–Crippen MR) is 108 cm³/mol. The van der Waals surface area contributed by atoms with E-state index in [2.05, 4.69) is 4.72 Å². The molecule has 1 heterocycles. The highest BCUT2D eigenvalue weighted by Crippen LogP contribution is 2.32. The lowest BCUT2D eigenvalue weighted by Crippen LogP contribution is -2.14. The van der Waals surface area contributed by atoms with Crippen molar-refractivity contribution in [1.82, 2.24) is 0 Å². The van der Waals surface area contributed by atoms with E-state index in [1.165, 1.54) is 37.7 Å². The van der Waals surface area contributed by atoms with E-state index in [-0.39, 0.29) is 10.6 Å². The van der Waals surface area contributed by atoms with E-state index in [1.54, 1.807) is 37.3 Å². The number of carbonyl (C=O) groups excluding carboxylic acids is 1. The average molecular weight is 421 g/mol. The molecule has 0 aliphatic rings. The Bertz CT molecular complexity index is 1120. The van der Waals surface area contributed by atoms with Gasteiger partial charge in [0, 0.05) is 16.5 Å². The number of hydrogen-bond donors (Lipinski definition) is 1. The van der Waals surface area contributed by atoms with E-state index in [1.807, 2.05) is 0 Å². The Labute approximate surface area is 166 Å². The lowest BCUT2D eigenvalue weighted by Gasteiger charge is -2.13. The first-order valence-corrected chi connectivity index (χ1v) is 10.6. The van der Waals surface area contributed by atoms with Crippen molar-refractivity contribution in [3.63, 3.8) is 0 Å². The topological polar surface area (TPSA) is 90.9 Å². The summed E-state index contributed by atoms with van der Waals surface area (Å²) in [5.74, 6) is 0.204. The van der Waals surface area contributed by atoms with Gasteiger partial charge in [-0.1, -0.05) is 0 Å². The van der Waals surface area contributed by atoms with Gasteiger partial charge in [-0.2, -0.15) is 0 Å². The Kier molecular flexibility index (Phi) is 5.76. The molecule has 0 saturated carbocycles. The zero-order valence-electron chi connectivity index (χ0n) is 15.5. The van der Waals surface area contributed by atoms with E-state index in [9.17, 15) is 13.2 Å². The van der Waals surface area contributed by atoms with Crippen LogP contribution in [0.4, 0.5) is 5.69 Å². The van der Waals surface area contributed by atoms with Gasteiger partial charge in [0.25, 0.3) is 10.0 Å². The molecule has 28 heavy (non-hydrogen) atoms. The summed E-state index contributed by atoms with van der Waals surface area (Å²) >= 11 is 1.29. The predicted octanol–water partition coefficient (Wildman–Crippen LogP) is 3.90. The highest BCUT2D eigenvalue weighted by Gasteiger charge is 2.21. The molecule has 2 aromatic carbocycles. The van der Waals surface area contributed by atoms with Gasteiger partial charge in [-0.05, 0) is 48.7 Å². The van der Waals surface area contributed by atoms with Crippen LogP contribution < -0.4 is 14.2 Å². The van der Waals surface area contributed by atoms with Gasteiger partial charge < -0.3 is 14.2 Å². The zero-order chi connectivity index (χ0) is 20.3. The van der Waals surface area contributed by atoms with Gasteiger partial charge in [-0.25, -0.2) is 13.2 Å². The van der Waals surface area contributed by atoms with Crippen LogP contribution in [0.25, 0.3) is 10.1 Å². The van der Waals surface area contributed by atoms with Crippen LogP contribution in [0.5, 0.6) is 11.5 Å². The number of nitrogens with one attached hydrogen (secondary N) is 1. The van der Waals surface area contributed by atoms with Crippen LogP contribution in [0.2, 0.25) is 0 Å². The van der Waals surface area contributed by atoms with Gasteiger partial charge in [-0.3, -0.25) is 4.72 Å². The molecule has 7 nitrogen and oxygen atoms in total. The number of ether oxygens (including phenoxy) is 3. The van der Waals surface area contributed by atoms with Crippen LogP contribution in [-0.2, 0) is 14.8 Å². The summed E-state index contributed by atoms with van der Waals surface area (Å²) in [6.45, 7) is 2.03. The van der Waals surface area contributed by atoms with Gasteiger partial charge in [0.05, 0.1) is 20.8 Å². The molecule has 1 aromatic heterocycles. The molecule has 3 rings (SSSR count). The van der Waals surface area contributed by atoms with Crippen LogP contribution in [0.1, 0.15) is 16.6 Å². The fraction of sp³-hybridized carbons (Fsp3) is 0.211. The largest absolute Gasteiger partial charge is 0.497 e. The molecule has 0 radical (unpaired) electrons. The lowest BCUT2D eigenvalue weighted by atomic mass is 10.2. The number of methoxy groups -OCH3 is 2. The van der Waals surface area contributed by atoms with Crippen molar-refractivity contribution in [2.45, 2.75) is 11.8 Å². The Morgan fingerprint density at radius 3 is 2.54 bits per heavy atom. The first kappa shape index (κ1) is 20.0. The Hall–Kier alpha value is -2.78. The van der Waals surface area contributed by atoms with Gasteiger partial charge in [0.1, 0.15) is 21.3 Å². The summed E-state index contributed by atoms with van der Waals surface area (Å²) in [6, 6.07) is 11.3. The summed E-state index contributed by atoms with van der Waals surface area (Å²) in [7, 11) is -1.07. The van der Waals surface area contributed by atoms with Crippen LogP contribution >= 0.6 is 11.3 Å². The molecule has 0 bridgehead atoms. The van der Waals surface area contributed by atoms with Crippen molar-refractivity contribution >= 4 is 43.1 Å². The minimum Gasteiger partial charge on any atom is -0.497 e. The quantitative estimate of drug-likeness (QED) is 0.582. The molecular weight excluding hydrogens is 402 g/mol. The molecule has 148 valence electrons. The summed E-state index contributed by atoms with van der Waals surface area (Å²) in [6.07, 6.45) is 0. The molecule has 0 aliphatic heterocycles. The average Bonchev–Trinajstić information content (AvgIpc) is 3.11. The fourth-order valence-corrected chi connectivity index (χ4v) is 4.79. The zero-order valence-corrected chi connectivity index (χ0v) is 17.1. The third kappa shape index (κ3) is 4.05. The number of thiophene rings is 1. The van der Waals surface area contributed by atoms with E-state index in [4.69, 9.17) is 14.2 Å². The smallest absolute Gasteiger partial charge is 0.348 e. The Morgan fingerprint density at radius 1 is 1.07 bits per heavy atom. The van der Waals surface area contributed by atoms with Crippen LogP contribution in [-0.4, -0.2) is 35.2 Å². The molecule has 0 saturated heterocycles. The Balaban J connectivity index is 1.94. The molecule has 0 atom stereocenters. The van der Waals surface area contributed by atoms with Gasteiger partial charge in [0.2, 0.25) is 0 Å². The summed E-state index contributed by atoms with van der Waals surface area (Å²) in [5.41, 5.74) is 0.366. The van der Waals surface area contributed by atoms with Crippen molar-refractivity contribution in [2.75, 3.05) is 25.5 Å². The molecule has 1 N–H and O–H groups in total. The van der Waals surface area contributed by atoms with Gasteiger partial charge in [0.15, 0.2) is 0 Å². The number of anilines is 1. The summed E-state index contributed by atoms with van der Waals surface area (Å²) in [4.78, 5) is 12.3. The SMILES string of the molecule is CCOC(=O)c1cc2cc(NS(=O)(=O)c3cc(OC)ccc3OC)ccc2s1. The highest BCUT2D eigenvalue weighted by atomic mass is 32.2. The molecule has 3 aromatic rings. The van der Waals surface area contributed by atoms with E-state index in [0.29, 0.717) is 22.9 Å². The number of benzene rings is 2. The fourth-order valence-electron chi connectivity index (χ4n) is 2.61. The second kappa shape index (κ2) is 8.07. The van der Waals surface area contributed by atoms with E-state index in [0.717, 1.165) is 10.1 Å². The maximum Gasteiger partial charge on any atom is 0.348 e. The van der Waals surface area contributed by atoms with Crippen molar-refractivity contribution in [3.8, 4) is 11.5 Å². The number of fused-ring (bicyclic) bond motifs is 1. The minimum atomic E-state index is -3.92. The summed E-state index contributed by atoms with van der Waals surface area (Å²) in [5, 5.41) is 0.742. The molecule has 0 unspecified atom stereocenters. The molecule has 0 spiro atoms. The van der Waals surface area contributed by atoms with Crippen molar-refractivity contribution < 1.29 is 27.4 Å². The first-order chi connectivity index (χ1) is 13.4. The normalized spacial score (nSPS) is 11.2. The van der Waals surface area contributed by atoms with Crippen molar-refractivity contribution in [2.24, 2.45) is 0 Å². The van der Waals surface area contributed by atoms with E-state index < -0.39 is 16.0 Å². The van der Waals surface area contributed by atoms with Gasteiger partial charge in [-0.15, -0.1) is 11.3 Å². The third-order valence-corrected chi connectivity index (χ3v) is 6.40. The number of carbonyl (C=O) groups is 1.